The fourth-order valence-corrected chi connectivity index (χ4v) is 17.2. The van der Waals surface area contributed by atoms with Crippen molar-refractivity contribution in [3.8, 4) is 0 Å². The monoisotopic (exact) mass is 548 g/mol. The molecule has 0 aromatic rings. The molecule has 4 atom stereocenters. The van der Waals surface area contributed by atoms with E-state index in [1.54, 1.807) is 0 Å². The second-order valence-electron chi connectivity index (χ2n) is 8.67. The molecule has 8 N–H and O–H groups in total. The van der Waals surface area contributed by atoms with Crippen molar-refractivity contribution < 1.29 is 0 Å². The number of hydrogen-bond donors (Lipinski definition) is 4. The molecule has 0 radical (unpaired) electrons. The highest BCUT2D eigenvalue weighted by molar-refractivity contribution is 8.49. The zero-order valence-electron chi connectivity index (χ0n) is 16.6. The summed E-state index contributed by atoms with van der Waals surface area (Å²) < 4.78 is 8.16. The first kappa shape index (κ1) is 21.8. The highest BCUT2D eigenvalue weighted by Gasteiger charge is 2.60. The smallest absolute Gasteiger partial charge is 0.0718 e. The fourth-order valence-electron chi connectivity index (χ4n) is 3.70. The quantitative estimate of drug-likeness (QED) is 0.302. The topological polar surface area (TPSA) is 104 Å². The van der Waals surface area contributed by atoms with Crippen LogP contribution < -0.4 is 22.9 Å². The van der Waals surface area contributed by atoms with E-state index in [2.05, 4.69) is 0 Å². The van der Waals surface area contributed by atoms with Crippen molar-refractivity contribution in [1.29, 1.82) is 0 Å². The minimum atomic E-state index is -0.436. The van der Waals surface area contributed by atoms with Crippen molar-refractivity contribution in [3.05, 3.63) is 45.0 Å². The van der Waals surface area contributed by atoms with Gasteiger partial charge in [0.05, 0.1) is 47.6 Å². The average molecular weight is 549 g/mol. The van der Waals surface area contributed by atoms with Crippen molar-refractivity contribution >= 4 is 94.1 Å². The Morgan fingerprint density at radius 3 is 0.733 bits per heavy atom. The molecule has 0 saturated heterocycles. The van der Waals surface area contributed by atoms with E-state index in [1.807, 2.05) is 122 Å². The lowest BCUT2D eigenvalue weighted by Gasteiger charge is -2.50. The van der Waals surface area contributed by atoms with Crippen LogP contribution in [0.15, 0.2) is 45.0 Å². The maximum Gasteiger partial charge on any atom is 0.0718 e. The summed E-state index contributed by atoms with van der Waals surface area (Å²) in [7, 11) is 0. The molecule has 4 aliphatic heterocycles. The lowest BCUT2D eigenvalue weighted by Crippen LogP contribution is -2.69. The second kappa shape index (κ2) is 6.51. The third-order valence-electron chi connectivity index (χ3n) is 6.48. The Bertz CT molecular complexity index is 943. The van der Waals surface area contributed by atoms with E-state index in [4.69, 9.17) is 22.9 Å². The maximum atomic E-state index is 6.49. The van der Waals surface area contributed by atoms with Gasteiger partial charge in [0.1, 0.15) is 0 Å². The van der Waals surface area contributed by atoms with Gasteiger partial charge in [-0.3, -0.25) is 0 Å². The van der Waals surface area contributed by atoms with Gasteiger partial charge < -0.3 is 22.9 Å². The van der Waals surface area contributed by atoms with Crippen molar-refractivity contribution in [2.24, 2.45) is 22.9 Å². The van der Waals surface area contributed by atoms with Gasteiger partial charge in [0.15, 0.2) is 0 Å². The zero-order valence-corrected chi connectivity index (χ0v) is 23.1. The highest BCUT2D eigenvalue weighted by atomic mass is 32.3. The number of hydrogen-bond acceptors (Lipinski definition) is 12. The van der Waals surface area contributed by atoms with E-state index in [1.165, 1.54) is 45.0 Å². The van der Waals surface area contributed by atoms with E-state index in [9.17, 15) is 0 Å². The molecular weight excluding hydrogens is 529 g/mol. The van der Waals surface area contributed by atoms with Gasteiger partial charge in [0.25, 0.3) is 0 Å². The van der Waals surface area contributed by atoms with Crippen LogP contribution in [-0.4, -0.2) is 22.2 Å². The second-order valence-corrected chi connectivity index (χ2v) is 18.4. The molecule has 6 rings (SSSR count). The summed E-state index contributed by atoms with van der Waals surface area (Å²) in [4.78, 5) is 4.98. The van der Waals surface area contributed by atoms with Crippen LogP contribution in [0.2, 0.25) is 0 Å². The van der Waals surface area contributed by atoms with Gasteiger partial charge in [-0.1, -0.05) is 94.1 Å². The number of thioether (sulfide) groups is 8. The third-order valence-corrected chi connectivity index (χ3v) is 19.3. The van der Waals surface area contributed by atoms with Gasteiger partial charge in [-0.2, -0.15) is 0 Å². The molecule has 160 valence electrons. The van der Waals surface area contributed by atoms with Crippen LogP contribution in [0, 0.1) is 0 Å². The van der Waals surface area contributed by atoms with Gasteiger partial charge in [0, 0.05) is 19.6 Å². The minimum absolute atomic E-state index is 0.436. The molecule has 30 heavy (non-hydrogen) atoms. The van der Waals surface area contributed by atoms with Crippen molar-refractivity contribution in [2.75, 3.05) is 0 Å². The summed E-state index contributed by atoms with van der Waals surface area (Å²) in [6.45, 7) is 8.18. The Hall–Kier alpha value is 1.34. The Morgan fingerprint density at radius 1 is 0.367 bits per heavy atom. The minimum Gasteiger partial charge on any atom is -0.319 e. The predicted molar refractivity (Wildman–Crippen MR) is 146 cm³/mol. The van der Waals surface area contributed by atoms with E-state index >= 15 is 0 Å². The molecule has 4 unspecified atom stereocenters. The molecule has 0 amide bonds. The number of nitrogens with two attached hydrogens (primary N) is 4. The van der Waals surface area contributed by atoms with Crippen molar-refractivity contribution in [1.82, 2.24) is 0 Å². The molecule has 0 aromatic heterocycles. The van der Waals surface area contributed by atoms with Gasteiger partial charge in [-0.05, 0) is 27.7 Å². The molecule has 0 aromatic carbocycles. The third kappa shape index (κ3) is 2.59. The Kier molecular flexibility index (Phi) is 4.74. The Morgan fingerprint density at radius 2 is 0.533 bits per heavy atom. The molecule has 4 heterocycles. The Balaban J connectivity index is 1.17. The summed E-state index contributed by atoms with van der Waals surface area (Å²) in [5.74, 6) is 0. The summed E-state index contributed by atoms with van der Waals surface area (Å²) in [6, 6.07) is 0. The van der Waals surface area contributed by atoms with Crippen LogP contribution in [0.4, 0.5) is 0 Å². The molecule has 0 bridgehead atoms. The van der Waals surface area contributed by atoms with E-state index in [0.29, 0.717) is 0 Å². The first-order valence-electron chi connectivity index (χ1n) is 9.17. The van der Waals surface area contributed by atoms with Gasteiger partial charge in [-0.25, -0.2) is 0 Å². The molecule has 6 aliphatic rings. The van der Waals surface area contributed by atoms with E-state index < -0.39 is 22.2 Å². The number of rotatable bonds is 0. The molecule has 0 saturated carbocycles. The molecule has 4 nitrogen and oxygen atoms in total. The summed E-state index contributed by atoms with van der Waals surface area (Å²) >= 11 is 14.8. The Labute approximate surface area is 210 Å². The molecule has 12 heteroatoms. The van der Waals surface area contributed by atoms with Crippen LogP contribution in [0.1, 0.15) is 27.7 Å². The van der Waals surface area contributed by atoms with Crippen molar-refractivity contribution in [2.45, 2.75) is 49.9 Å². The van der Waals surface area contributed by atoms with Gasteiger partial charge in [0.2, 0.25) is 0 Å². The fraction of sp³-hybridized carbons (Fsp3) is 0.444. The lowest BCUT2D eigenvalue weighted by molar-refractivity contribution is 0.329. The summed E-state index contributed by atoms with van der Waals surface area (Å²) in [5, 5.41) is 0. The highest BCUT2D eigenvalue weighted by Crippen LogP contribution is 2.75. The van der Waals surface area contributed by atoms with Crippen LogP contribution >= 0.6 is 94.1 Å². The summed E-state index contributed by atoms with van der Waals surface area (Å²) in [6.07, 6.45) is 0. The SMILES string of the molecule is CC1(N)C2=C(SC(=C3SC4=C(S3)SC(=C3SC5=C(S3)C(C)(N)C5(C)N)S4)S2)C1(C)N. The molecular formula is C18H20N4S8. The standard InChI is InChI=1S/C18H20N4S8/c1-15(19)5-6(16(15,2)20)24-9(23-5)11-27-13-14(28-11)30-12(29-13)10-25-7-8(26-10)18(4,22)17(7,3)21/h19-22H2,1-4H3. The normalized spacial score (nSPS) is 44.8. The van der Waals surface area contributed by atoms with Crippen LogP contribution in [0.3, 0.4) is 0 Å². The zero-order chi connectivity index (χ0) is 21.4. The van der Waals surface area contributed by atoms with E-state index in [-0.39, 0.29) is 0 Å². The van der Waals surface area contributed by atoms with E-state index in [0.717, 1.165) is 0 Å². The first-order chi connectivity index (χ1) is 13.9. The van der Waals surface area contributed by atoms with Gasteiger partial charge in [-0.15, -0.1) is 0 Å². The van der Waals surface area contributed by atoms with Crippen LogP contribution in [0.5, 0.6) is 0 Å². The summed E-state index contributed by atoms with van der Waals surface area (Å²) in [5.41, 5.74) is 24.2. The largest absolute Gasteiger partial charge is 0.319 e. The average Bonchev–Trinajstić information content (AvgIpc) is 3.39. The molecule has 2 aliphatic carbocycles. The molecule has 0 fully saturated rings. The predicted octanol–water partition coefficient (Wildman–Crippen LogP) is 5.61. The molecule has 0 spiro atoms. The van der Waals surface area contributed by atoms with Crippen molar-refractivity contribution in [3.63, 3.8) is 0 Å². The van der Waals surface area contributed by atoms with Crippen LogP contribution in [-0.2, 0) is 0 Å². The van der Waals surface area contributed by atoms with Gasteiger partial charge >= 0.3 is 0 Å². The maximum absolute atomic E-state index is 6.49. The van der Waals surface area contributed by atoms with Crippen LogP contribution in [0.25, 0.3) is 0 Å². The first-order valence-corrected chi connectivity index (χ1v) is 15.7. The lowest BCUT2D eigenvalue weighted by atomic mass is 9.70.